The summed E-state index contributed by atoms with van der Waals surface area (Å²) in [5.41, 5.74) is 6.21. The molecule has 2 aromatic rings. The van der Waals surface area contributed by atoms with Crippen LogP contribution in [0.4, 0.5) is 5.69 Å². The topological polar surface area (TPSA) is 69.4 Å². The number of nitrogens with two attached hydrogens (primary N) is 1. The van der Waals surface area contributed by atoms with Gasteiger partial charge in [-0.2, -0.15) is 0 Å². The average molecular weight is 249 g/mol. The number of benzene rings is 1. The number of rotatable bonds is 3. The molecule has 1 aromatic heterocycles. The number of hydrogen-bond donors (Lipinski definition) is 1. The predicted molar refractivity (Wildman–Crippen MR) is 67.2 cm³/mol. The Morgan fingerprint density at radius 3 is 2.71 bits per heavy atom. The van der Waals surface area contributed by atoms with Gasteiger partial charge in [-0.1, -0.05) is 18.2 Å². The minimum absolute atomic E-state index is 0.176. The molecule has 2 N–H and O–H groups in total. The van der Waals surface area contributed by atoms with Gasteiger partial charge in [0.25, 0.3) is 5.78 Å². The summed E-state index contributed by atoms with van der Waals surface area (Å²) in [4.78, 5) is 23.4. The van der Waals surface area contributed by atoms with Gasteiger partial charge in [0.05, 0.1) is 12.3 Å². The zero-order valence-corrected chi connectivity index (χ0v) is 10.0. The number of carbonyl (C=O) groups excluding carboxylic acids is 2. The van der Waals surface area contributed by atoms with E-state index in [4.69, 9.17) is 5.73 Å². The monoisotopic (exact) mass is 249 g/mol. The molecule has 0 spiro atoms. The molecule has 2 rings (SSSR count). The molecule has 1 aromatic carbocycles. The van der Waals surface area contributed by atoms with Crippen LogP contribution < -0.4 is 5.73 Å². The van der Waals surface area contributed by atoms with Crippen molar-refractivity contribution in [1.29, 1.82) is 0 Å². The lowest BCUT2D eigenvalue weighted by Crippen LogP contribution is -2.17. The fraction of sp³-hybridized carbons (Fsp3) is 0.167. The number of Topliss-reactive ketones (excluding diaryl/α,β-unsaturated/α-hetero) is 1. The highest BCUT2D eigenvalue weighted by atomic mass is 32.1. The van der Waals surface area contributed by atoms with E-state index in [1.807, 2.05) is 24.3 Å². The van der Waals surface area contributed by atoms with E-state index in [9.17, 15) is 9.59 Å². The number of ether oxygens (including phenoxy) is 1. The SMILES string of the molecule is CCOC(=O)C(=O)c1sc2ccccc2c1N. The fourth-order valence-electron chi connectivity index (χ4n) is 1.52. The number of anilines is 1. The molecule has 0 aliphatic carbocycles. The zero-order chi connectivity index (χ0) is 12.4. The number of hydrogen-bond acceptors (Lipinski definition) is 5. The molecule has 0 bridgehead atoms. The number of ketones is 1. The molecular weight excluding hydrogens is 238 g/mol. The summed E-state index contributed by atoms with van der Waals surface area (Å²) in [6.45, 7) is 1.83. The Labute approximate surface area is 102 Å². The van der Waals surface area contributed by atoms with Crippen LogP contribution in [0.5, 0.6) is 0 Å². The second-order valence-electron chi connectivity index (χ2n) is 3.39. The van der Waals surface area contributed by atoms with Crippen molar-refractivity contribution in [3.05, 3.63) is 29.1 Å². The minimum Gasteiger partial charge on any atom is -0.460 e. The van der Waals surface area contributed by atoms with Crippen molar-refractivity contribution in [2.45, 2.75) is 6.92 Å². The minimum atomic E-state index is -0.856. The van der Waals surface area contributed by atoms with Gasteiger partial charge in [0.15, 0.2) is 0 Å². The van der Waals surface area contributed by atoms with Crippen LogP contribution in [0, 0.1) is 0 Å². The van der Waals surface area contributed by atoms with Gasteiger partial charge in [-0.15, -0.1) is 11.3 Å². The molecule has 17 heavy (non-hydrogen) atoms. The molecule has 5 heteroatoms. The first-order chi connectivity index (χ1) is 8.15. The lowest BCUT2D eigenvalue weighted by molar-refractivity contribution is -0.137. The van der Waals surface area contributed by atoms with Gasteiger partial charge >= 0.3 is 5.97 Å². The van der Waals surface area contributed by atoms with Crippen molar-refractivity contribution in [2.75, 3.05) is 12.3 Å². The van der Waals surface area contributed by atoms with E-state index >= 15 is 0 Å². The first kappa shape index (κ1) is 11.6. The van der Waals surface area contributed by atoms with Crippen LogP contribution in [-0.2, 0) is 9.53 Å². The van der Waals surface area contributed by atoms with Crippen molar-refractivity contribution >= 4 is 38.9 Å². The smallest absolute Gasteiger partial charge is 0.380 e. The first-order valence-electron chi connectivity index (χ1n) is 5.13. The standard InChI is InChI=1S/C12H11NO3S/c1-2-16-12(15)10(14)11-9(13)7-5-3-4-6-8(7)17-11/h3-6H,2,13H2,1H3. The van der Waals surface area contributed by atoms with Crippen LogP contribution in [-0.4, -0.2) is 18.4 Å². The van der Waals surface area contributed by atoms with Gasteiger partial charge in [0, 0.05) is 10.1 Å². The Morgan fingerprint density at radius 1 is 1.35 bits per heavy atom. The molecular formula is C12H11NO3S. The normalized spacial score (nSPS) is 10.4. The third-order valence-corrected chi connectivity index (χ3v) is 3.49. The van der Waals surface area contributed by atoms with Crippen molar-refractivity contribution in [3.8, 4) is 0 Å². The van der Waals surface area contributed by atoms with E-state index in [1.54, 1.807) is 6.92 Å². The van der Waals surface area contributed by atoms with Crippen LogP contribution in [0.15, 0.2) is 24.3 Å². The van der Waals surface area contributed by atoms with E-state index in [2.05, 4.69) is 4.74 Å². The van der Waals surface area contributed by atoms with Gasteiger partial charge in [-0.25, -0.2) is 4.79 Å². The van der Waals surface area contributed by atoms with Gasteiger partial charge < -0.3 is 10.5 Å². The van der Waals surface area contributed by atoms with Gasteiger partial charge in [-0.3, -0.25) is 4.79 Å². The number of esters is 1. The summed E-state index contributed by atoms with van der Waals surface area (Å²) in [5, 5.41) is 0.796. The van der Waals surface area contributed by atoms with Crippen molar-refractivity contribution < 1.29 is 14.3 Å². The van der Waals surface area contributed by atoms with Crippen molar-refractivity contribution in [3.63, 3.8) is 0 Å². The summed E-state index contributed by atoms with van der Waals surface area (Å²) in [7, 11) is 0. The summed E-state index contributed by atoms with van der Waals surface area (Å²) in [5.74, 6) is -1.53. The number of nitrogen functional groups attached to an aromatic ring is 1. The molecule has 0 saturated heterocycles. The summed E-state index contributed by atoms with van der Waals surface area (Å²) < 4.78 is 5.56. The Hall–Kier alpha value is -1.88. The lowest BCUT2D eigenvalue weighted by atomic mass is 10.2. The highest BCUT2D eigenvalue weighted by molar-refractivity contribution is 7.22. The maximum Gasteiger partial charge on any atom is 0.380 e. The zero-order valence-electron chi connectivity index (χ0n) is 9.23. The van der Waals surface area contributed by atoms with E-state index in [0.29, 0.717) is 5.69 Å². The molecule has 0 aliphatic rings. The molecule has 0 amide bonds. The van der Waals surface area contributed by atoms with E-state index in [-0.39, 0.29) is 11.5 Å². The molecule has 0 fully saturated rings. The van der Waals surface area contributed by atoms with Crippen LogP contribution in [0.2, 0.25) is 0 Å². The lowest BCUT2D eigenvalue weighted by Gasteiger charge is -1.99. The van der Waals surface area contributed by atoms with Crippen LogP contribution >= 0.6 is 11.3 Å². The summed E-state index contributed by atoms with van der Waals surface area (Å²) in [6, 6.07) is 7.38. The van der Waals surface area contributed by atoms with Gasteiger partial charge in [0.1, 0.15) is 4.88 Å². The molecule has 0 unspecified atom stereocenters. The first-order valence-corrected chi connectivity index (χ1v) is 5.95. The fourth-order valence-corrected chi connectivity index (χ4v) is 2.57. The second-order valence-corrected chi connectivity index (χ2v) is 4.44. The molecule has 0 atom stereocenters. The number of carbonyl (C=O) groups is 2. The van der Waals surface area contributed by atoms with Gasteiger partial charge in [0.2, 0.25) is 0 Å². The maximum atomic E-state index is 11.8. The van der Waals surface area contributed by atoms with Crippen LogP contribution in [0.25, 0.3) is 10.1 Å². The molecule has 0 saturated carbocycles. The van der Waals surface area contributed by atoms with E-state index < -0.39 is 11.8 Å². The number of fused-ring (bicyclic) bond motifs is 1. The summed E-state index contributed by atoms with van der Waals surface area (Å²) >= 11 is 1.21. The summed E-state index contributed by atoms with van der Waals surface area (Å²) in [6.07, 6.45) is 0. The molecule has 4 nitrogen and oxygen atoms in total. The maximum absolute atomic E-state index is 11.8. The predicted octanol–water partition coefficient (Wildman–Crippen LogP) is 2.23. The Bertz CT molecular complexity index is 588. The number of thiophene rings is 1. The highest BCUT2D eigenvalue weighted by Crippen LogP contribution is 2.33. The third kappa shape index (κ3) is 2.01. The molecule has 88 valence electrons. The van der Waals surface area contributed by atoms with Crippen molar-refractivity contribution in [1.82, 2.24) is 0 Å². The third-order valence-electron chi connectivity index (χ3n) is 2.30. The molecule has 0 radical (unpaired) electrons. The Morgan fingerprint density at radius 2 is 2.06 bits per heavy atom. The average Bonchev–Trinajstić information content (AvgIpc) is 2.67. The Kier molecular flexibility index (Phi) is 3.10. The van der Waals surface area contributed by atoms with Crippen LogP contribution in [0.3, 0.4) is 0 Å². The molecule has 0 aliphatic heterocycles. The van der Waals surface area contributed by atoms with Gasteiger partial charge in [-0.05, 0) is 13.0 Å². The quantitative estimate of drug-likeness (QED) is 0.514. The molecule has 1 heterocycles. The van der Waals surface area contributed by atoms with E-state index in [1.165, 1.54) is 11.3 Å². The largest absolute Gasteiger partial charge is 0.460 e. The highest BCUT2D eigenvalue weighted by Gasteiger charge is 2.23. The second kappa shape index (κ2) is 4.55. The van der Waals surface area contributed by atoms with E-state index in [0.717, 1.165) is 10.1 Å². The van der Waals surface area contributed by atoms with Crippen LogP contribution in [0.1, 0.15) is 16.6 Å². The Balaban J connectivity index is 2.46. The van der Waals surface area contributed by atoms with Crippen molar-refractivity contribution in [2.24, 2.45) is 0 Å².